The van der Waals surface area contributed by atoms with Crippen LogP contribution in [0, 0.1) is 0 Å². The monoisotopic (exact) mass is 247 g/mol. The molecular formula is C6H9NSSn. The van der Waals surface area contributed by atoms with Crippen molar-refractivity contribution in [3.8, 4) is 0 Å². The molecule has 0 fully saturated rings. The van der Waals surface area contributed by atoms with Crippen LogP contribution < -0.4 is 9.31 Å². The summed E-state index contributed by atoms with van der Waals surface area (Å²) in [5, 5.41) is 2.11. The fourth-order valence-corrected chi connectivity index (χ4v) is 3.49. The zero-order valence-electron chi connectivity index (χ0n) is 5.29. The van der Waals surface area contributed by atoms with E-state index in [9.17, 15) is 0 Å². The summed E-state index contributed by atoms with van der Waals surface area (Å²) in [5.41, 5.74) is 5.69. The zero-order chi connectivity index (χ0) is 6.85. The van der Waals surface area contributed by atoms with Gasteiger partial charge < -0.3 is 0 Å². The zero-order valence-corrected chi connectivity index (χ0v) is 9.41. The van der Waals surface area contributed by atoms with Gasteiger partial charge in [0.25, 0.3) is 0 Å². The van der Waals surface area contributed by atoms with E-state index in [1.807, 2.05) is 6.92 Å². The van der Waals surface area contributed by atoms with Gasteiger partial charge in [-0.3, -0.25) is 0 Å². The maximum atomic E-state index is 5.69. The summed E-state index contributed by atoms with van der Waals surface area (Å²) in [5.74, 6) is 0. The average Bonchev–Trinajstić information content (AvgIpc) is 2.13. The molecule has 3 heteroatoms. The van der Waals surface area contributed by atoms with Gasteiger partial charge in [0.2, 0.25) is 0 Å². The van der Waals surface area contributed by atoms with Gasteiger partial charge in [0, 0.05) is 0 Å². The van der Waals surface area contributed by atoms with Crippen LogP contribution in [0.4, 0.5) is 0 Å². The van der Waals surface area contributed by atoms with Crippen molar-refractivity contribution in [2.45, 2.75) is 13.0 Å². The van der Waals surface area contributed by atoms with Gasteiger partial charge in [-0.05, 0) is 0 Å². The molecule has 1 heterocycles. The van der Waals surface area contributed by atoms with Crippen molar-refractivity contribution < 1.29 is 0 Å². The minimum absolute atomic E-state index is 0.232. The van der Waals surface area contributed by atoms with Crippen molar-refractivity contribution in [2.24, 2.45) is 5.73 Å². The van der Waals surface area contributed by atoms with E-state index >= 15 is 0 Å². The summed E-state index contributed by atoms with van der Waals surface area (Å²) >= 11 is 2.95. The van der Waals surface area contributed by atoms with Crippen LogP contribution in [0.15, 0.2) is 11.4 Å². The Hall–Kier alpha value is 0.459. The molecule has 2 radical (unpaired) electrons. The molecule has 2 N–H and O–H groups in total. The Morgan fingerprint density at radius 1 is 1.78 bits per heavy atom. The van der Waals surface area contributed by atoms with Crippen LogP contribution in [-0.2, 0) is 0 Å². The minimum atomic E-state index is 0.232. The number of hydrogen-bond acceptors (Lipinski definition) is 2. The van der Waals surface area contributed by atoms with Crippen LogP contribution in [0.2, 0.25) is 0 Å². The number of hydrogen-bond donors (Lipinski definition) is 1. The molecule has 48 valence electrons. The van der Waals surface area contributed by atoms with Crippen LogP contribution in [0.5, 0.6) is 0 Å². The summed E-state index contributed by atoms with van der Waals surface area (Å²) < 4.78 is 1.44. The molecule has 9 heavy (non-hydrogen) atoms. The Morgan fingerprint density at radius 3 is 2.67 bits per heavy atom. The van der Waals surface area contributed by atoms with Gasteiger partial charge in [-0.25, -0.2) is 0 Å². The second kappa shape index (κ2) is 3.03. The Balaban J connectivity index is 2.94. The first-order valence-electron chi connectivity index (χ1n) is 2.80. The van der Waals surface area contributed by atoms with Crippen LogP contribution >= 0.6 is 11.3 Å². The molecule has 0 aromatic carbocycles. The first kappa shape index (κ1) is 7.56. The van der Waals surface area contributed by atoms with Crippen molar-refractivity contribution in [1.29, 1.82) is 0 Å². The van der Waals surface area contributed by atoms with Crippen molar-refractivity contribution in [2.75, 3.05) is 0 Å². The first-order valence-corrected chi connectivity index (χ1v) is 5.33. The van der Waals surface area contributed by atoms with E-state index in [0.29, 0.717) is 0 Å². The fourth-order valence-electron chi connectivity index (χ4n) is 0.701. The summed E-state index contributed by atoms with van der Waals surface area (Å²) in [6, 6.07) is 2.39. The van der Waals surface area contributed by atoms with E-state index in [2.05, 4.69) is 11.4 Å². The van der Waals surface area contributed by atoms with E-state index in [0.717, 1.165) is 0 Å². The van der Waals surface area contributed by atoms with E-state index in [1.165, 1.54) is 31.0 Å². The molecule has 1 rings (SSSR count). The van der Waals surface area contributed by atoms with Crippen molar-refractivity contribution >= 4 is 37.4 Å². The van der Waals surface area contributed by atoms with Gasteiger partial charge in [0.1, 0.15) is 0 Å². The van der Waals surface area contributed by atoms with Gasteiger partial charge in [0.05, 0.1) is 0 Å². The normalized spacial score (nSPS) is 13.7. The van der Waals surface area contributed by atoms with Crippen molar-refractivity contribution in [3.05, 3.63) is 16.3 Å². The van der Waals surface area contributed by atoms with Gasteiger partial charge in [-0.15, -0.1) is 0 Å². The quantitative estimate of drug-likeness (QED) is 0.708. The summed E-state index contributed by atoms with van der Waals surface area (Å²) in [6.45, 7) is 2.03. The fraction of sp³-hybridized carbons (Fsp3) is 0.333. The molecule has 0 saturated carbocycles. The van der Waals surface area contributed by atoms with Crippen LogP contribution in [0.3, 0.4) is 0 Å². The van der Waals surface area contributed by atoms with Crippen molar-refractivity contribution in [3.63, 3.8) is 0 Å². The molecule has 0 amide bonds. The molecular weight excluding hydrogens is 237 g/mol. The van der Waals surface area contributed by atoms with Crippen LogP contribution in [0.1, 0.15) is 17.8 Å². The summed E-state index contributed by atoms with van der Waals surface area (Å²) in [7, 11) is 0. The van der Waals surface area contributed by atoms with Gasteiger partial charge in [-0.1, -0.05) is 0 Å². The third kappa shape index (κ3) is 1.69. The molecule has 0 spiro atoms. The second-order valence-electron chi connectivity index (χ2n) is 2.03. The third-order valence-electron chi connectivity index (χ3n) is 1.14. The summed E-state index contributed by atoms with van der Waals surface area (Å²) in [4.78, 5) is 1.36. The van der Waals surface area contributed by atoms with E-state index in [1.54, 1.807) is 11.3 Å². The van der Waals surface area contributed by atoms with E-state index in [4.69, 9.17) is 5.73 Å². The molecule has 0 aliphatic rings. The third-order valence-corrected chi connectivity index (χ3v) is 4.31. The van der Waals surface area contributed by atoms with Gasteiger partial charge >= 0.3 is 72.5 Å². The van der Waals surface area contributed by atoms with Crippen LogP contribution in [-0.4, -0.2) is 22.5 Å². The van der Waals surface area contributed by atoms with E-state index in [-0.39, 0.29) is 6.04 Å². The molecule has 1 nitrogen and oxygen atoms in total. The number of nitrogens with two attached hydrogens (primary N) is 1. The second-order valence-corrected chi connectivity index (χ2v) is 4.75. The predicted octanol–water partition coefficient (Wildman–Crippen LogP) is 0.294. The molecule has 0 saturated heterocycles. The Kier molecular flexibility index (Phi) is 2.55. The SMILES string of the molecule is CC(N)c1scc[c]1[SnH]. The topological polar surface area (TPSA) is 26.0 Å². The average molecular weight is 246 g/mol. The molecule has 1 aromatic rings. The number of thiophene rings is 1. The predicted molar refractivity (Wildman–Crippen MR) is 43.7 cm³/mol. The van der Waals surface area contributed by atoms with Gasteiger partial charge in [-0.2, -0.15) is 0 Å². The first-order chi connectivity index (χ1) is 4.22. The molecule has 1 aromatic heterocycles. The van der Waals surface area contributed by atoms with Crippen LogP contribution in [0.25, 0.3) is 0 Å². The molecule has 0 aliphatic carbocycles. The number of rotatable bonds is 1. The standard InChI is InChI=1S/C6H8NS.Sn.H/c1-5(7)6-3-2-4-8-6;;/h2,4-5H,7H2,1H3;;. The molecule has 1 atom stereocenters. The van der Waals surface area contributed by atoms with Gasteiger partial charge in [0.15, 0.2) is 0 Å². The summed E-state index contributed by atoms with van der Waals surface area (Å²) in [6.07, 6.45) is 0. The Bertz CT molecular complexity index is 195. The Labute approximate surface area is 72.4 Å². The van der Waals surface area contributed by atoms with Crippen molar-refractivity contribution in [1.82, 2.24) is 0 Å². The maximum absolute atomic E-state index is 5.69. The molecule has 1 unspecified atom stereocenters. The Morgan fingerprint density at radius 2 is 2.44 bits per heavy atom. The van der Waals surface area contributed by atoms with E-state index < -0.39 is 0 Å². The molecule has 0 bridgehead atoms. The molecule has 0 aliphatic heterocycles.